The fourth-order valence-corrected chi connectivity index (χ4v) is 2.61. The average Bonchev–Trinajstić information content (AvgIpc) is 2.47. The van der Waals surface area contributed by atoms with Gasteiger partial charge in [-0.05, 0) is 41.2 Å². The number of methoxy groups -OCH3 is 1. The Morgan fingerprint density at radius 2 is 2.05 bits per heavy atom. The summed E-state index contributed by atoms with van der Waals surface area (Å²) in [5.74, 6) is -1.22. The summed E-state index contributed by atoms with van der Waals surface area (Å²) in [7, 11) is 3.31. The van der Waals surface area contributed by atoms with Crippen LogP contribution in [0, 0.1) is 11.6 Å². The molecule has 1 heterocycles. The van der Waals surface area contributed by atoms with Crippen molar-refractivity contribution < 1.29 is 13.5 Å². The van der Waals surface area contributed by atoms with Crippen LogP contribution in [0.15, 0.2) is 34.9 Å². The first-order valence-electron chi connectivity index (χ1n) is 6.35. The first-order chi connectivity index (χ1) is 10.0. The smallest absolute Gasteiger partial charge is 0.237 e. The number of alkyl halides is 1. The minimum atomic E-state index is -1.04. The molecule has 114 valence electrons. The second kappa shape index (κ2) is 6.64. The topological polar surface area (TPSA) is 36.9 Å². The molecular formula is C14H16BrF2N3O. The number of hydrogen-bond donors (Lipinski definition) is 1. The monoisotopic (exact) mass is 359 g/mol. The first-order valence-corrected chi connectivity index (χ1v) is 7.15. The van der Waals surface area contributed by atoms with E-state index < -0.39 is 16.3 Å². The van der Waals surface area contributed by atoms with Crippen molar-refractivity contribution >= 4 is 22.1 Å². The van der Waals surface area contributed by atoms with Gasteiger partial charge in [-0.1, -0.05) is 6.07 Å². The highest BCUT2D eigenvalue weighted by molar-refractivity contribution is 9.10. The van der Waals surface area contributed by atoms with Crippen LogP contribution in [0.5, 0.6) is 0 Å². The lowest BCUT2D eigenvalue weighted by Crippen LogP contribution is -2.47. The van der Waals surface area contributed by atoms with Gasteiger partial charge in [0, 0.05) is 31.0 Å². The van der Waals surface area contributed by atoms with Gasteiger partial charge in [0.15, 0.2) is 0 Å². The molecule has 0 saturated carbocycles. The van der Waals surface area contributed by atoms with Gasteiger partial charge in [0.25, 0.3) is 0 Å². The van der Waals surface area contributed by atoms with E-state index in [1.54, 1.807) is 19.3 Å². The van der Waals surface area contributed by atoms with Crippen molar-refractivity contribution in [2.45, 2.75) is 11.2 Å². The summed E-state index contributed by atoms with van der Waals surface area (Å²) < 4.78 is 32.1. The van der Waals surface area contributed by atoms with E-state index in [1.807, 2.05) is 0 Å². The molecule has 0 amide bonds. The number of ether oxygens (including phenoxy) is 1. The number of hydrazone groups is 1. The molecule has 4 nitrogen and oxygen atoms in total. The lowest BCUT2D eigenvalue weighted by atomic mass is 10.1. The molecule has 1 aromatic carbocycles. The van der Waals surface area contributed by atoms with Crippen molar-refractivity contribution in [2.75, 3.05) is 20.7 Å². The molecule has 1 aromatic rings. The maximum Gasteiger partial charge on any atom is 0.237 e. The van der Waals surface area contributed by atoms with Crippen molar-refractivity contribution in [3.05, 3.63) is 47.0 Å². The molecule has 0 saturated heterocycles. The molecule has 0 fully saturated rings. The molecule has 0 spiro atoms. The molecule has 0 aliphatic carbocycles. The molecule has 1 N–H and O–H groups in total. The number of rotatable bonds is 5. The second-order valence-corrected chi connectivity index (χ2v) is 5.58. The van der Waals surface area contributed by atoms with Crippen molar-refractivity contribution in [1.82, 2.24) is 10.3 Å². The zero-order valence-corrected chi connectivity index (χ0v) is 13.3. The predicted molar refractivity (Wildman–Crippen MR) is 81.1 cm³/mol. The highest BCUT2D eigenvalue weighted by Gasteiger charge is 2.39. The summed E-state index contributed by atoms with van der Waals surface area (Å²) in [5.41, 5.74) is 0.792. The lowest BCUT2D eigenvalue weighted by molar-refractivity contribution is -0.0372. The molecule has 1 atom stereocenters. The van der Waals surface area contributed by atoms with Gasteiger partial charge in [0.05, 0.1) is 6.54 Å². The third-order valence-electron chi connectivity index (χ3n) is 3.22. The Kier molecular flexibility index (Phi) is 5.08. The minimum Gasteiger partial charge on any atom is -0.345 e. The standard InChI is InChI=1S/C14H16BrF2N3O/c1-18-8-10-6-7-19-20(14(10,15)21-2)9-11-12(16)4-3-5-13(11)17/h3-7,18H,8-9H2,1-2H3. The van der Waals surface area contributed by atoms with E-state index >= 15 is 0 Å². The van der Waals surface area contributed by atoms with Crippen LogP contribution in [0.3, 0.4) is 0 Å². The highest BCUT2D eigenvalue weighted by atomic mass is 79.9. The SMILES string of the molecule is CNCC1=CC=NN(Cc2c(F)cccc2F)C1(Br)OC. The van der Waals surface area contributed by atoms with Crippen molar-refractivity contribution in [3.8, 4) is 0 Å². The summed E-state index contributed by atoms with van der Waals surface area (Å²) in [4.78, 5) is 0. The van der Waals surface area contributed by atoms with E-state index in [1.165, 1.54) is 30.3 Å². The van der Waals surface area contributed by atoms with Crippen LogP contribution in [0.25, 0.3) is 0 Å². The Hall–Kier alpha value is -1.31. The van der Waals surface area contributed by atoms with Gasteiger partial charge in [0.2, 0.25) is 4.63 Å². The van der Waals surface area contributed by atoms with Crippen LogP contribution >= 0.6 is 15.9 Å². The summed E-state index contributed by atoms with van der Waals surface area (Å²) in [6.07, 6.45) is 3.37. The van der Waals surface area contributed by atoms with E-state index in [9.17, 15) is 8.78 Å². The average molecular weight is 360 g/mol. The fraction of sp³-hybridized carbons (Fsp3) is 0.357. The molecule has 0 aromatic heterocycles. The van der Waals surface area contributed by atoms with Gasteiger partial charge in [0.1, 0.15) is 11.6 Å². The van der Waals surface area contributed by atoms with Gasteiger partial charge in [-0.15, -0.1) is 0 Å². The van der Waals surface area contributed by atoms with Crippen molar-refractivity contribution in [2.24, 2.45) is 5.10 Å². The molecule has 0 bridgehead atoms. The Morgan fingerprint density at radius 3 is 2.62 bits per heavy atom. The van der Waals surface area contributed by atoms with Crippen LogP contribution in [0.1, 0.15) is 5.56 Å². The Bertz CT molecular complexity index is 559. The van der Waals surface area contributed by atoms with Crippen molar-refractivity contribution in [1.29, 1.82) is 0 Å². The number of likely N-dealkylation sites (N-methyl/N-ethyl adjacent to an activating group) is 1. The van der Waals surface area contributed by atoms with Crippen molar-refractivity contribution in [3.63, 3.8) is 0 Å². The zero-order chi connectivity index (χ0) is 15.5. The number of hydrogen-bond acceptors (Lipinski definition) is 4. The van der Waals surface area contributed by atoms with Crippen LogP contribution in [0.4, 0.5) is 8.78 Å². The highest BCUT2D eigenvalue weighted by Crippen LogP contribution is 2.36. The van der Waals surface area contributed by atoms with Gasteiger partial charge < -0.3 is 10.1 Å². The maximum atomic E-state index is 13.8. The van der Waals surface area contributed by atoms with Crippen LogP contribution in [0.2, 0.25) is 0 Å². The number of benzene rings is 1. The normalized spacial score (nSPS) is 21.6. The van der Waals surface area contributed by atoms with Gasteiger partial charge in [-0.2, -0.15) is 5.10 Å². The summed E-state index contributed by atoms with van der Waals surface area (Å²) in [6, 6.07) is 3.77. The first kappa shape index (κ1) is 16.1. The van der Waals surface area contributed by atoms with E-state index in [2.05, 4.69) is 26.3 Å². The largest absolute Gasteiger partial charge is 0.345 e. The minimum absolute atomic E-state index is 0.0544. The molecular weight excluding hydrogens is 344 g/mol. The van der Waals surface area contributed by atoms with Crippen LogP contribution in [-0.2, 0) is 11.3 Å². The molecule has 7 heteroatoms. The zero-order valence-electron chi connectivity index (χ0n) is 11.7. The maximum absolute atomic E-state index is 13.8. The number of nitrogens with one attached hydrogen (secondary N) is 1. The predicted octanol–water partition coefficient (Wildman–Crippen LogP) is 2.61. The van der Waals surface area contributed by atoms with E-state index in [0.29, 0.717) is 6.54 Å². The quantitative estimate of drug-likeness (QED) is 0.648. The van der Waals surface area contributed by atoms with Gasteiger partial charge >= 0.3 is 0 Å². The number of halogens is 3. The molecule has 1 aliphatic rings. The summed E-state index contributed by atoms with van der Waals surface area (Å²) in [5, 5.41) is 8.64. The number of nitrogens with zero attached hydrogens (tertiary/aromatic N) is 2. The third-order valence-corrected chi connectivity index (χ3v) is 4.46. The Labute approximate surface area is 130 Å². The molecule has 1 aliphatic heterocycles. The van der Waals surface area contributed by atoms with Gasteiger partial charge in [-0.25, -0.2) is 13.8 Å². The second-order valence-electron chi connectivity index (χ2n) is 4.51. The molecule has 1 unspecified atom stereocenters. The van der Waals surface area contributed by atoms with Crippen LogP contribution < -0.4 is 5.32 Å². The Balaban J connectivity index is 2.31. The fourth-order valence-electron chi connectivity index (χ4n) is 2.12. The van der Waals surface area contributed by atoms with E-state index in [4.69, 9.17) is 4.74 Å². The third kappa shape index (κ3) is 3.14. The van der Waals surface area contributed by atoms with Crippen LogP contribution in [-0.4, -0.2) is 36.6 Å². The molecule has 21 heavy (non-hydrogen) atoms. The van der Waals surface area contributed by atoms with E-state index in [0.717, 1.165) is 5.57 Å². The lowest BCUT2D eigenvalue weighted by Gasteiger charge is -2.39. The Morgan fingerprint density at radius 1 is 1.38 bits per heavy atom. The summed E-state index contributed by atoms with van der Waals surface area (Å²) in [6.45, 7) is 0.483. The summed E-state index contributed by atoms with van der Waals surface area (Å²) >= 11 is 3.47. The van der Waals surface area contributed by atoms with Gasteiger partial charge in [-0.3, -0.25) is 0 Å². The number of allylic oxidation sites excluding steroid dienone is 1. The molecule has 0 radical (unpaired) electrons. The van der Waals surface area contributed by atoms with E-state index in [-0.39, 0.29) is 12.1 Å². The molecule has 2 rings (SSSR count).